The Balaban J connectivity index is 1.47. The highest BCUT2D eigenvalue weighted by atomic mass is 32.2. The predicted octanol–water partition coefficient (Wildman–Crippen LogP) is 0.898. The molecule has 1 saturated carbocycles. The molecule has 40 heavy (non-hydrogen) atoms. The second-order valence-electron chi connectivity index (χ2n) is 10.7. The molecule has 1 spiro atoms. The van der Waals surface area contributed by atoms with Crippen molar-refractivity contribution in [1.29, 1.82) is 0 Å². The van der Waals surface area contributed by atoms with E-state index in [1.807, 2.05) is 30.3 Å². The van der Waals surface area contributed by atoms with Crippen LogP contribution in [0.3, 0.4) is 0 Å². The van der Waals surface area contributed by atoms with Crippen molar-refractivity contribution in [1.82, 2.24) is 14.6 Å². The summed E-state index contributed by atoms with van der Waals surface area (Å²) in [5.74, 6) is 0.142. The second-order valence-corrected chi connectivity index (χ2v) is 13.5. The lowest BCUT2D eigenvalue weighted by molar-refractivity contribution is -0.119. The first-order valence-corrected chi connectivity index (χ1v) is 15.2. The molecule has 2 aromatic rings. The van der Waals surface area contributed by atoms with E-state index in [2.05, 4.69) is 10.1 Å². The molecule has 2 fully saturated rings. The average molecular weight is 600 g/mol. The van der Waals surface area contributed by atoms with E-state index in [0.29, 0.717) is 0 Å². The lowest BCUT2D eigenvalue weighted by atomic mass is 9.95. The molecule has 1 aromatic heterocycles. The SMILES string of the molecule is CC(C)(CO)C(=O)SCCOP(=O)(NCc1ccccc1)O[C@@H]1CC12O[C@@H](n1ccc(=O)[nH]c1=O)[C@](C)(O)[C@@H]2O. The molecule has 6 atom stereocenters. The van der Waals surface area contributed by atoms with E-state index in [4.69, 9.17) is 13.8 Å². The average Bonchev–Trinajstić information content (AvgIpc) is 3.56. The van der Waals surface area contributed by atoms with Crippen LogP contribution in [0.15, 0.2) is 52.2 Å². The number of benzene rings is 1. The number of nitrogens with one attached hydrogen (secondary N) is 2. The molecular weight excluding hydrogens is 565 g/mol. The van der Waals surface area contributed by atoms with Gasteiger partial charge in [-0.15, -0.1) is 0 Å². The Morgan fingerprint density at radius 1 is 1.30 bits per heavy atom. The standard InChI is InChI=1S/C25H34N3O10PS/c1-23(2,15-29)21(32)40-12-11-36-39(35,26-14-16-7-5-4-6-8-16)38-17-13-25(17)19(31)24(3,34)20(37-25)28-10-9-18(30)27-22(28)33/h4-10,17,19-20,29,31,34H,11-15H2,1-3H3,(H,26,35)(H,27,30,33)/t17-,19+,20-,24-,25?,39?/m1/s1. The number of aliphatic hydroxyl groups is 3. The maximum absolute atomic E-state index is 13.8. The van der Waals surface area contributed by atoms with Crippen LogP contribution in [0.1, 0.15) is 39.0 Å². The van der Waals surface area contributed by atoms with Crippen LogP contribution in [0, 0.1) is 5.41 Å². The Bertz CT molecular complexity index is 1380. The first-order valence-electron chi connectivity index (χ1n) is 12.6. The molecule has 0 bridgehead atoms. The number of thioether (sulfide) groups is 1. The van der Waals surface area contributed by atoms with E-state index in [0.717, 1.165) is 34.2 Å². The predicted molar refractivity (Wildman–Crippen MR) is 145 cm³/mol. The number of hydrogen-bond acceptors (Lipinski definition) is 11. The van der Waals surface area contributed by atoms with Gasteiger partial charge in [0.1, 0.15) is 23.4 Å². The molecule has 1 saturated heterocycles. The first kappa shape index (κ1) is 30.8. The summed E-state index contributed by atoms with van der Waals surface area (Å²) in [6.07, 6.45) is -2.69. The minimum atomic E-state index is -4.05. The molecule has 2 aliphatic rings. The Morgan fingerprint density at radius 2 is 2.00 bits per heavy atom. The Morgan fingerprint density at radius 3 is 2.65 bits per heavy atom. The van der Waals surface area contributed by atoms with Gasteiger partial charge >= 0.3 is 13.4 Å². The van der Waals surface area contributed by atoms with E-state index >= 15 is 0 Å². The summed E-state index contributed by atoms with van der Waals surface area (Å²) in [6, 6.07) is 10.2. The Hall–Kier alpha value is -2.13. The van der Waals surface area contributed by atoms with Crippen LogP contribution in [0.4, 0.5) is 0 Å². The lowest BCUT2D eigenvalue weighted by Gasteiger charge is -2.27. The summed E-state index contributed by atoms with van der Waals surface area (Å²) in [6.45, 7) is 4.19. The zero-order chi connectivity index (χ0) is 29.3. The third-order valence-electron chi connectivity index (χ3n) is 6.95. The molecule has 13 nitrogen and oxygen atoms in total. The van der Waals surface area contributed by atoms with Crippen molar-refractivity contribution >= 4 is 24.6 Å². The molecule has 2 heterocycles. The van der Waals surface area contributed by atoms with Crippen LogP contribution in [0.25, 0.3) is 0 Å². The number of aromatic nitrogens is 2. The van der Waals surface area contributed by atoms with Gasteiger partial charge in [-0.3, -0.25) is 28.2 Å². The van der Waals surface area contributed by atoms with E-state index in [9.17, 15) is 34.3 Å². The maximum Gasteiger partial charge on any atom is 0.406 e. The van der Waals surface area contributed by atoms with E-state index in [1.54, 1.807) is 13.8 Å². The number of hydrogen-bond donors (Lipinski definition) is 5. The molecule has 5 N–H and O–H groups in total. The second kappa shape index (κ2) is 11.6. The zero-order valence-electron chi connectivity index (χ0n) is 22.3. The van der Waals surface area contributed by atoms with Crippen LogP contribution >= 0.6 is 19.5 Å². The van der Waals surface area contributed by atoms with Crippen molar-refractivity contribution in [3.05, 3.63) is 69.0 Å². The fourth-order valence-corrected chi connectivity index (χ4v) is 6.81. The largest absolute Gasteiger partial charge is 0.406 e. The number of ether oxygens (including phenoxy) is 1. The van der Waals surface area contributed by atoms with Gasteiger partial charge < -0.3 is 20.1 Å². The maximum atomic E-state index is 13.8. The van der Waals surface area contributed by atoms with Crippen molar-refractivity contribution in [2.24, 2.45) is 5.41 Å². The third-order valence-corrected chi connectivity index (χ3v) is 9.74. The number of nitrogens with zero attached hydrogens (tertiary/aromatic N) is 1. The molecule has 220 valence electrons. The quantitative estimate of drug-likeness (QED) is 0.171. The molecule has 0 amide bonds. The molecule has 0 radical (unpaired) electrons. The minimum Gasteiger partial charge on any atom is -0.395 e. The monoisotopic (exact) mass is 599 g/mol. The number of aromatic amines is 1. The van der Waals surface area contributed by atoms with Gasteiger partial charge in [0.15, 0.2) is 11.3 Å². The van der Waals surface area contributed by atoms with Crippen molar-refractivity contribution < 1.29 is 38.5 Å². The van der Waals surface area contributed by atoms with Crippen LogP contribution in [-0.2, 0) is 29.7 Å². The van der Waals surface area contributed by atoms with Crippen molar-refractivity contribution in [3.8, 4) is 0 Å². The smallest absolute Gasteiger partial charge is 0.395 e. The Kier molecular flexibility index (Phi) is 8.96. The van der Waals surface area contributed by atoms with Gasteiger partial charge in [0.2, 0.25) is 0 Å². The normalized spacial score (nSPS) is 29.4. The zero-order valence-corrected chi connectivity index (χ0v) is 24.0. The third kappa shape index (κ3) is 6.35. The summed E-state index contributed by atoms with van der Waals surface area (Å²) in [5.41, 5.74) is -5.06. The number of carbonyl (C=O) groups excluding carboxylic acids is 1. The highest BCUT2D eigenvalue weighted by Gasteiger charge is 2.75. The first-order chi connectivity index (χ1) is 18.7. The van der Waals surface area contributed by atoms with Crippen molar-refractivity contribution in [2.75, 3.05) is 19.0 Å². The van der Waals surface area contributed by atoms with Gasteiger partial charge in [-0.1, -0.05) is 42.1 Å². The molecule has 1 aromatic carbocycles. The van der Waals surface area contributed by atoms with E-state index in [1.165, 1.54) is 6.92 Å². The number of carbonyl (C=O) groups is 1. The Labute approximate surface area is 234 Å². The highest BCUT2D eigenvalue weighted by Crippen LogP contribution is 2.62. The number of aliphatic hydroxyl groups excluding tert-OH is 2. The van der Waals surface area contributed by atoms with Gasteiger partial charge in [0, 0.05) is 31.0 Å². The fraction of sp³-hybridized carbons (Fsp3) is 0.560. The molecule has 1 aliphatic carbocycles. The van der Waals surface area contributed by atoms with Crippen LogP contribution < -0.4 is 16.3 Å². The van der Waals surface area contributed by atoms with Gasteiger partial charge in [-0.2, -0.15) is 0 Å². The van der Waals surface area contributed by atoms with Crippen molar-refractivity contribution in [3.63, 3.8) is 0 Å². The van der Waals surface area contributed by atoms with Gasteiger partial charge in [0.05, 0.1) is 18.6 Å². The minimum absolute atomic E-state index is 0.0389. The lowest BCUT2D eigenvalue weighted by Crippen LogP contribution is -2.47. The summed E-state index contributed by atoms with van der Waals surface area (Å²) >= 11 is 0.933. The summed E-state index contributed by atoms with van der Waals surface area (Å²) < 4.78 is 32.2. The van der Waals surface area contributed by atoms with Crippen LogP contribution in [0.5, 0.6) is 0 Å². The van der Waals surface area contributed by atoms with Crippen LogP contribution in [-0.4, -0.2) is 72.4 Å². The summed E-state index contributed by atoms with van der Waals surface area (Å²) in [4.78, 5) is 38.2. The van der Waals surface area contributed by atoms with Gasteiger partial charge in [-0.05, 0) is 26.3 Å². The molecule has 1 aliphatic heterocycles. The molecule has 2 unspecified atom stereocenters. The summed E-state index contributed by atoms with van der Waals surface area (Å²) in [7, 11) is -4.05. The van der Waals surface area contributed by atoms with Crippen LogP contribution in [0.2, 0.25) is 0 Å². The van der Waals surface area contributed by atoms with Gasteiger partial charge in [-0.25, -0.2) is 14.4 Å². The fourth-order valence-electron chi connectivity index (χ4n) is 4.36. The molecule has 4 rings (SSSR count). The van der Waals surface area contributed by atoms with Gasteiger partial charge in [0.25, 0.3) is 5.56 Å². The van der Waals surface area contributed by atoms with E-state index in [-0.39, 0.29) is 37.0 Å². The number of rotatable bonds is 12. The molecular formula is C25H34N3O10PS. The van der Waals surface area contributed by atoms with E-state index < -0.39 is 54.0 Å². The summed E-state index contributed by atoms with van der Waals surface area (Å²) in [5, 5.41) is 34.0. The topological polar surface area (TPSA) is 189 Å². The number of H-pyrrole nitrogens is 1. The highest BCUT2D eigenvalue weighted by molar-refractivity contribution is 8.13. The molecule has 15 heteroatoms. The van der Waals surface area contributed by atoms with Crippen molar-refractivity contribution in [2.45, 2.75) is 63.4 Å².